The summed E-state index contributed by atoms with van der Waals surface area (Å²) in [5.74, 6) is 1.17. The lowest BCUT2D eigenvalue weighted by Crippen LogP contribution is -2.44. The highest BCUT2D eigenvalue weighted by molar-refractivity contribution is 7.89. The van der Waals surface area contributed by atoms with Gasteiger partial charge in [-0.15, -0.1) is 0 Å². The van der Waals surface area contributed by atoms with Gasteiger partial charge in [-0.1, -0.05) is 11.6 Å². The summed E-state index contributed by atoms with van der Waals surface area (Å²) in [5, 5.41) is 0.416. The molecule has 2 heterocycles. The molecule has 140 valence electrons. The second-order valence-corrected chi connectivity index (χ2v) is 8.30. The number of hydrogen-bond acceptors (Lipinski definition) is 5. The molecular weight excluding hydrogens is 376 g/mol. The summed E-state index contributed by atoms with van der Waals surface area (Å²) in [6.45, 7) is 3.18. The number of ether oxygens (including phenoxy) is 2. The van der Waals surface area contributed by atoms with Gasteiger partial charge in [-0.05, 0) is 44.0 Å². The van der Waals surface area contributed by atoms with E-state index in [1.54, 1.807) is 36.5 Å². The Morgan fingerprint density at radius 3 is 2.73 bits per heavy atom. The average molecular weight is 397 g/mol. The third kappa shape index (κ3) is 4.28. The van der Waals surface area contributed by atoms with Crippen LogP contribution in [-0.4, -0.2) is 43.5 Å². The smallest absolute Gasteiger partial charge is 0.243 e. The molecule has 1 fully saturated rings. The van der Waals surface area contributed by atoms with Crippen molar-refractivity contribution in [1.29, 1.82) is 0 Å². The van der Waals surface area contributed by atoms with Gasteiger partial charge in [0.1, 0.15) is 22.6 Å². The van der Waals surface area contributed by atoms with Crippen molar-refractivity contribution in [2.24, 2.45) is 0 Å². The molecule has 1 aromatic heterocycles. The van der Waals surface area contributed by atoms with Crippen LogP contribution in [0.25, 0.3) is 0 Å². The van der Waals surface area contributed by atoms with E-state index in [0.29, 0.717) is 29.7 Å². The monoisotopic (exact) mass is 396 g/mol. The predicted molar refractivity (Wildman–Crippen MR) is 99.3 cm³/mol. The maximum atomic E-state index is 12.9. The van der Waals surface area contributed by atoms with Crippen LogP contribution in [0, 0.1) is 0 Å². The number of hydrogen-bond donors (Lipinski definition) is 0. The van der Waals surface area contributed by atoms with Crippen molar-refractivity contribution in [3.05, 3.63) is 47.7 Å². The second-order valence-electron chi connectivity index (χ2n) is 5.96. The van der Waals surface area contributed by atoms with Crippen molar-refractivity contribution in [1.82, 2.24) is 9.29 Å². The molecule has 0 N–H and O–H groups in total. The number of sulfonamides is 1. The minimum Gasteiger partial charge on any atom is -0.494 e. The Morgan fingerprint density at radius 1 is 1.27 bits per heavy atom. The van der Waals surface area contributed by atoms with E-state index in [-0.39, 0.29) is 17.5 Å². The molecule has 2 aromatic rings. The van der Waals surface area contributed by atoms with E-state index < -0.39 is 10.0 Å². The molecule has 8 heteroatoms. The summed E-state index contributed by atoms with van der Waals surface area (Å²) < 4.78 is 38.6. The Bertz CT molecular complexity index is 843. The van der Waals surface area contributed by atoms with Crippen molar-refractivity contribution >= 4 is 21.6 Å². The quantitative estimate of drug-likeness (QED) is 0.748. The highest BCUT2D eigenvalue weighted by Gasteiger charge is 2.31. The number of aromatic nitrogens is 1. The normalized spacial score (nSPS) is 18.5. The first-order valence-corrected chi connectivity index (χ1v) is 10.3. The van der Waals surface area contributed by atoms with Crippen LogP contribution in [-0.2, 0) is 10.0 Å². The summed E-state index contributed by atoms with van der Waals surface area (Å²) >= 11 is 6.07. The molecule has 0 bridgehead atoms. The molecule has 1 unspecified atom stereocenters. The van der Waals surface area contributed by atoms with Crippen LogP contribution in [0.2, 0.25) is 5.02 Å². The zero-order valence-electron chi connectivity index (χ0n) is 14.5. The average Bonchev–Trinajstić information content (AvgIpc) is 2.65. The van der Waals surface area contributed by atoms with Gasteiger partial charge in [-0.3, -0.25) is 4.98 Å². The van der Waals surface area contributed by atoms with Gasteiger partial charge in [-0.25, -0.2) is 8.42 Å². The molecule has 1 aliphatic heterocycles. The third-order valence-electron chi connectivity index (χ3n) is 4.14. The molecule has 1 aliphatic rings. The maximum Gasteiger partial charge on any atom is 0.243 e. The van der Waals surface area contributed by atoms with Crippen molar-refractivity contribution in [3.8, 4) is 11.5 Å². The van der Waals surface area contributed by atoms with E-state index in [1.165, 1.54) is 10.5 Å². The summed E-state index contributed by atoms with van der Waals surface area (Å²) in [6, 6.07) is 8.17. The van der Waals surface area contributed by atoms with Gasteiger partial charge in [-0.2, -0.15) is 4.31 Å². The summed E-state index contributed by atoms with van der Waals surface area (Å²) in [7, 11) is -3.58. The Morgan fingerprint density at radius 2 is 2.04 bits per heavy atom. The summed E-state index contributed by atoms with van der Waals surface area (Å²) in [4.78, 5) is 4.18. The SMILES string of the molecule is CCOc1ccc(S(=O)(=O)N2CCCC(Oc3ccncc3Cl)C2)cc1. The van der Waals surface area contributed by atoms with E-state index >= 15 is 0 Å². The molecule has 1 atom stereocenters. The number of rotatable bonds is 6. The number of pyridine rings is 1. The van der Waals surface area contributed by atoms with Crippen LogP contribution in [0.5, 0.6) is 11.5 Å². The van der Waals surface area contributed by atoms with E-state index in [0.717, 1.165) is 12.8 Å². The van der Waals surface area contributed by atoms with Gasteiger partial charge in [0.05, 0.1) is 18.0 Å². The molecule has 1 saturated heterocycles. The number of halogens is 1. The first-order chi connectivity index (χ1) is 12.5. The first kappa shape index (κ1) is 18.9. The van der Waals surface area contributed by atoms with Gasteiger partial charge in [0, 0.05) is 25.0 Å². The van der Waals surface area contributed by atoms with Gasteiger partial charge < -0.3 is 9.47 Å². The lowest BCUT2D eigenvalue weighted by Gasteiger charge is -2.32. The third-order valence-corrected chi connectivity index (χ3v) is 6.31. The van der Waals surface area contributed by atoms with Gasteiger partial charge in [0.2, 0.25) is 10.0 Å². The van der Waals surface area contributed by atoms with Crippen LogP contribution >= 0.6 is 11.6 Å². The van der Waals surface area contributed by atoms with Crippen molar-refractivity contribution in [3.63, 3.8) is 0 Å². The van der Waals surface area contributed by atoms with Crippen LogP contribution in [0.15, 0.2) is 47.6 Å². The zero-order valence-corrected chi connectivity index (χ0v) is 16.0. The molecule has 0 amide bonds. The van der Waals surface area contributed by atoms with E-state index in [9.17, 15) is 8.42 Å². The molecule has 0 spiro atoms. The maximum absolute atomic E-state index is 12.9. The summed E-state index contributed by atoms with van der Waals surface area (Å²) in [5.41, 5.74) is 0. The second kappa shape index (κ2) is 8.24. The molecule has 1 aromatic carbocycles. The van der Waals surface area contributed by atoms with Gasteiger partial charge >= 0.3 is 0 Å². The fourth-order valence-corrected chi connectivity index (χ4v) is 4.55. The van der Waals surface area contributed by atoms with E-state index in [2.05, 4.69) is 4.98 Å². The molecule has 26 heavy (non-hydrogen) atoms. The van der Waals surface area contributed by atoms with Gasteiger partial charge in [0.15, 0.2) is 0 Å². The highest BCUT2D eigenvalue weighted by Crippen LogP contribution is 2.28. The van der Waals surface area contributed by atoms with Crippen molar-refractivity contribution in [2.75, 3.05) is 19.7 Å². The number of benzene rings is 1. The fraction of sp³-hybridized carbons (Fsp3) is 0.389. The highest BCUT2D eigenvalue weighted by atomic mass is 35.5. The summed E-state index contributed by atoms with van der Waals surface area (Å²) in [6.07, 6.45) is 4.35. The zero-order chi connectivity index (χ0) is 18.6. The Kier molecular flexibility index (Phi) is 6.01. The molecular formula is C18H21ClN2O4S. The number of nitrogens with zero attached hydrogens (tertiary/aromatic N) is 2. The molecule has 6 nitrogen and oxygen atoms in total. The Labute approximate surface area is 158 Å². The Hall–Kier alpha value is -1.83. The lowest BCUT2D eigenvalue weighted by molar-refractivity contribution is 0.130. The van der Waals surface area contributed by atoms with E-state index in [4.69, 9.17) is 21.1 Å². The first-order valence-electron chi connectivity index (χ1n) is 8.50. The predicted octanol–water partition coefficient (Wildman–Crippen LogP) is 3.37. The van der Waals surface area contributed by atoms with E-state index in [1.807, 2.05) is 6.92 Å². The van der Waals surface area contributed by atoms with Crippen molar-refractivity contribution < 1.29 is 17.9 Å². The van der Waals surface area contributed by atoms with Crippen LogP contribution in [0.1, 0.15) is 19.8 Å². The fourth-order valence-electron chi connectivity index (χ4n) is 2.88. The van der Waals surface area contributed by atoms with Gasteiger partial charge in [0.25, 0.3) is 0 Å². The van der Waals surface area contributed by atoms with Crippen LogP contribution < -0.4 is 9.47 Å². The lowest BCUT2D eigenvalue weighted by atomic mass is 10.1. The minimum absolute atomic E-state index is 0.249. The molecule has 0 radical (unpaired) electrons. The topological polar surface area (TPSA) is 68.7 Å². The largest absolute Gasteiger partial charge is 0.494 e. The minimum atomic E-state index is -3.58. The molecule has 0 saturated carbocycles. The molecule has 3 rings (SSSR count). The molecule has 0 aliphatic carbocycles. The number of piperidine rings is 1. The Balaban J connectivity index is 1.72. The van der Waals surface area contributed by atoms with Crippen molar-refractivity contribution in [2.45, 2.75) is 30.8 Å². The van der Waals surface area contributed by atoms with Crippen LogP contribution in [0.4, 0.5) is 0 Å². The van der Waals surface area contributed by atoms with Crippen LogP contribution in [0.3, 0.4) is 0 Å². The standard InChI is InChI=1S/C18H21ClN2O4S/c1-2-24-14-5-7-16(8-6-14)26(22,23)21-11-3-4-15(13-21)25-18-9-10-20-12-17(18)19/h5-10,12,15H,2-4,11,13H2,1H3.